The highest BCUT2D eigenvalue weighted by Gasteiger charge is 2.20. The van der Waals surface area contributed by atoms with E-state index in [1.54, 1.807) is 21.0 Å². The number of methoxy groups -OCH3 is 1. The van der Waals surface area contributed by atoms with Crippen LogP contribution in [0.25, 0.3) is 0 Å². The number of nitrogens with one attached hydrogen (secondary N) is 2. The molecule has 0 heterocycles. The zero-order chi connectivity index (χ0) is 18.9. The van der Waals surface area contributed by atoms with E-state index in [0.717, 1.165) is 18.2 Å². The summed E-state index contributed by atoms with van der Waals surface area (Å²) in [6, 6.07) is 2.81. The second-order valence-corrected chi connectivity index (χ2v) is 7.35. The summed E-state index contributed by atoms with van der Waals surface area (Å²) in [5.41, 5.74) is -0.313. The van der Waals surface area contributed by atoms with Crippen LogP contribution in [-0.2, 0) is 19.5 Å². The van der Waals surface area contributed by atoms with Crippen LogP contribution in [0.1, 0.15) is 30.6 Å². The molecule has 0 bridgehead atoms. The molecule has 0 saturated carbocycles. The molecule has 9 heteroatoms. The average Bonchev–Trinajstić information content (AvgIpc) is 2.52. The van der Waals surface area contributed by atoms with Crippen molar-refractivity contribution in [3.8, 4) is 0 Å². The molecule has 25 heavy (non-hydrogen) atoms. The second-order valence-electron chi connectivity index (χ2n) is 5.63. The summed E-state index contributed by atoms with van der Waals surface area (Å²) < 4.78 is 50.6. The first-order chi connectivity index (χ1) is 11.8. The van der Waals surface area contributed by atoms with Crippen LogP contribution in [0.15, 0.2) is 23.1 Å². The molecule has 0 atom stereocenters. The average molecular weight is 376 g/mol. The molecule has 1 aromatic carbocycles. The van der Waals surface area contributed by atoms with Gasteiger partial charge in [0.15, 0.2) is 0 Å². The monoisotopic (exact) mass is 376 g/mol. The number of carbonyl (C=O) groups excluding carboxylic acids is 1. The summed E-state index contributed by atoms with van der Waals surface area (Å²) in [4.78, 5) is 11.9. The van der Waals surface area contributed by atoms with E-state index in [9.17, 15) is 17.6 Å². The molecule has 0 unspecified atom stereocenters. The Bertz CT molecular complexity index is 664. The van der Waals surface area contributed by atoms with E-state index in [1.807, 2.05) is 0 Å². The number of benzene rings is 1. The van der Waals surface area contributed by atoms with Crippen LogP contribution in [-0.4, -0.2) is 53.8 Å². The topological polar surface area (TPSA) is 93.7 Å². The summed E-state index contributed by atoms with van der Waals surface area (Å²) in [5.74, 6) is -1.45. The second kappa shape index (κ2) is 10.4. The fraction of sp³-hybridized carbons (Fsp3) is 0.562. The summed E-state index contributed by atoms with van der Waals surface area (Å²) in [7, 11) is -2.23. The number of amides is 1. The summed E-state index contributed by atoms with van der Waals surface area (Å²) in [6.07, 6.45) is 0.546. The van der Waals surface area contributed by atoms with Gasteiger partial charge in [-0.2, -0.15) is 0 Å². The third kappa shape index (κ3) is 7.47. The zero-order valence-electron chi connectivity index (χ0n) is 14.7. The Morgan fingerprint density at radius 1 is 1.24 bits per heavy atom. The summed E-state index contributed by atoms with van der Waals surface area (Å²) in [5, 5.41) is 2.54. The van der Waals surface area contributed by atoms with Crippen LogP contribution in [0.3, 0.4) is 0 Å². The number of sulfonamides is 1. The quantitative estimate of drug-likeness (QED) is 0.568. The summed E-state index contributed by atoms with van der Waals surface area (Å²) >= 11 is 0. The molecular weight excluding hydrogens is 351 g/mol. The summed E-state index contributed by atoms with van der Waals surface area (Å²) in [6.45, 7) is 5.00. The van der Waals surface area contributed by atoms with Gasteiger partial charge in [-0.15, -0.1) is 0 Å². The van der Waals surface area contributed by atoms with Crippen molar-refractivity contribution in [1.29, 1.82) is 0 Å². The lowest BCUT2D eigenvalue weighted by atomic mass is 10.2. The fourth-order valence-corrected chi connectivity index (χ4v) is 3.22. The maximum Gasteiger partial charge on any atom is 0.254 e. The largest absolute Gasteiger partial charge is 0.382 e. The third-order valence-corrected chi connectivity index (χ3v) is 4.72. The van der Waals surface area contributed by atoms with Crippen molar-refractivity contribution in [2.45, 2.75) is 31.2 Å². The molecule has 0 aliphatic heterocycles. The molecular formula is C16H25FN2O5S. The first kappa shape index (κ1) is 21.5. The Morgan fingerprint density at radius 3 is 2.60 bits per heavy atom. The number of hydrogen-bond donors (Lipinski definition) is 2. The number of carbonyl (C=O) groups is 1. The molecule has 0 fully saturated rings. The Kier molecular flexibility index (Phi) is 8.98. The van der Waals surface area contributed by atoms with Crippen molar-refractivity contribution < 1.29 is 27.1 Å². The highest BCUT2D eigenvalue weighted by molar-refractivity contribution is 7.89. The minimum Gasteiger partial charge on any atom is -0.382 e. The first-order valence-corrected chi connectivity index (χ1v) is 9.43. The lowest BCUT2D eigenvalue weighted by Gasteiger charge is -2.11. The van der Waals surface area contributed by atoms with Gasteiger partial charge in [-0.3, -0.25) is 4.79 Å². The molecule has 7 nitrogen and oxygen atoms in total. The number of halogens is 1. The van der Waals surface area contributed by atoms with Crippen molar-refractivity contribution >= 4 is 15.9 Å². The highest BCUT2D eigenvalue weighted by Crippen LogP contribution is 2.15. The van der Waals surface area contributed by atoms with E-state index in [0.29, 0.717) is 26.2 Å². The first-order valence-electron chi connectivity index (χ1n) is 7.94. The lowest BCUT2D eigenvalue weighted by Crippen LogP contribution is -2.31. The number of ether oxygens (including phenoxy) is 2. The van der Waals surface area contributed by atoms with Crippen LogP contribution >= 0.6 is 0 Å². The van der Waals surface area contributed by atoms with E-state index in [1.165, 1.54) is 0 Å². The zero-order valence-corrected chi connectivity index (χ0v) is 15.5. The molecule has 1 rings (SSSR count). The van der Waals surface area contributed by atoms with Gasteiger partial charge in [0.2, 0.25) is 10.0 Å². The molecule has 0 radical (unpaired) electrons. The van der Waals surface area contributed by atoms with Crippen molar-refractivity contribution in [1.82, 2.24) is 10.0 Å². The number of rotatable bonds is 11. The van der Waals surface area contributed by atoms with Gasteiger partial charge >= 0.3 is 0 Å². The van der Waals surface area contributed by atoms with Crippen LogP contribution < -0.4 is 10.0 Å². The SMILES string of the molecule is COCCOCCCNC(=O)c1cc(S(=O)(=O)NC(C)C)ccc1F. The molecule has 2 N–H and O–H groups in total. The van der Waals surface area contributed by atoms with Gasteiger partial charge in [0.25, 0.3) is 5.91 Å². The van der Waals surface area contributed by atoms with Crippen LogP contribution in [0.5, 0.6) is 0 Å². The molecule has 142 valence electrons. The smallest absolute Gasteiger partial charge is 0.254 e. The Morgan fingerprint density at radius 2 is 1.96 bits per heavy atom. The van der Waals surface area contributed by atoms with Gasteiger partial charge in [0.1, 0.15) is 5.82 Å². The van der Waals surface area contributed by atoms with Gasteiger partial charge in [0.05, 0.1) is 23.7 Å². The molecule has 0 spiro atoms. The van der Waals surface area contributed by atoms with Crippen LogP contribution in [0, 0.1) is 5.82 Å². The fourth-order valence-electron chi connectivity index (χ4n) is 1.94. The molecule has 0 aliphatic carbocycles. The van der Waals surface area contributed by atoms with Gasteiger partial charge in [0, 0.05) is 26.3 Å². The van der Waals surface area contributed by atoms with Gasteiger partial charge in [-0.05, 0) is 38.5 Å². The van der Waals surface area contributed by atoms with Gasteiger partial charge in [-0.1, -0.05) is 0 Å². The number of hydrogen-bond acceptors (Lipinski definition) is 5. The minimum absolute atomic E-state index is 0.157. The molecule has 0 aromatic heterocycles. The standard InChI is InChI=1S/C16H25FN2O5S/c1-12(2)19-25(21,22)13-5-6-15(17)14(11-13)16(20)18-7-4-8-24-10-9-23-3/h5-6,11-12,19H,4,7-10H2,1-3H3,(H,18,20). The third-order valence-electron chi connectivity index (χ3n) is 3.07. The predicted molar refractivity (Wildman–Crippen MR) is 91.5 cm³/mol. The van der Waals surface area contributed by atoms with Gasteiger partial charge in [-0.25, -0.2) is 17.5 Å². The van der Waals surface area contributed by atoms with E-state index in [4.69, 9.17) is 9.47 Å². The normalized spacial score (nSPS) is 11.7. The minimum atomic E-state index is -3.80. The lowest BCUT2D eigenvalue weighted by molar-refractivity contribution is 0.0688. The van der Waals surface area contributed by atoms with E-state index >= 15 is 0 Å². The van der Waals surface area contributed by atoms with Crippen LogP contribution in [0.2, 0.25) is 0 Å². The van der Waals surface area contributed by atoms with E-state index < -0.39 is 21.7 Å². The molecule has 0 saturated heterocycles. The van der Waals surface area contributed by atoms with Crippen molar-refractivity contribution in [2.75, 3.05) is 33.5 Å². The van der Waals surface area contributed by atoms with Crippen molar-refractivity contribution in [3.63, 3.8) is 0 Å². The maximum absolute atomic E-state index is 13.9. The van der Waals surface area contributed by atoms with E-state index in [2.05, 4.69) is 10.0 Å². The predicted octanol–water partition coefficient (Wildman–Crippen LogP) is 1.30. The Balaban J connectivity index is 2.65. The Labute approximate surface area is 147 Å². The van der Waals surface area contributed by atoms with Crippen molar-refractivity contribution in [2.24, 2.45) is 0 Å². The van der Waals surface area contributed by atoms with Crippen molar-refractivity contribution in [3.05, 3.63) is 29.6 Å². The maximum atomic E-state index is 13.9. The molecule has 1 aromatic rings. The molecule has 0 aliphatic rings. The van der Waals surface area contributed by atoms with E-state index in [-0.39, 0.29) is 23.0 Å². The van der Waals surface area contributed by atoms with Gasteiger partial charge < -0.3 is 14.8 Å². The molecule has 1 amide bonds. The van der Waals surface area contributed by atoms with Crippen LogP contribution in [0.4, 0.5) is 4.39 Å². The Hall–Kier alpha value is -1.55. The highest BCUT2D eigenvalue weighted by atomic mass is 32.2.